The number of rotatable bonds is 14. The second-order valence-electron chi connectivity index (χ2n) is 15.9. The number of carbonyl (C=O) groups excluding carboxylic acids is 4. The van der Waals surface area contributed by atoms with Gasteiger partial charge in [0.05, 0.1) is 16.9 Å². The molecule has 0 spiro atoms. The number of imide groups is 1. The fraction of sp³-hybridized carbons (Fsp3) is 0.304. The second kappa shape index (κ2) is 19.6. The number of nitrogens with two attached hydrogens (primary N) is 1. The van der Waals surface area contributed by atoms with Crippen molar-refractivity contribution in [1.29, 1.82) is 0 Å². The number of amides is 4. The van der Waals surface area contributed by atoms with Crippen LogP contribution in [-0.2, 0) is 9.59 Å². The summed E-state index contributed by atoms with van der Waals surface area (Å²) in [5.41, 5.74) is 9.83. The first kappa shape index (κ1) is 43.0. The van der Waals surface area contributed by atoms with Crippen LogP contribution in [0.4, 0.5) is 44.6 Å². The zero-order chi connectivity index (χ0) is 43.9. The first-order valence-corrected chi connectivity index (χ1v) is 21.5. The number of benzene rings is 4. The highest BCUT2D eigenvalue weighted by Crippen LogP contribution is 2.39. The third-order valence-corrected chi connectivity index (χ3v) is 12.0. The summed E-state index contributed by atoms with van der Waals surface area (Å²) < 4.78 is 15.5. The molecular formula is C46H49ClFN11O4. The molecule has 63 heavy (non-hydrogen) atoms. The third-order valence-electron chi connectivity index (χ3n) is 11.7. The number of likely N-dealkylation sites (tertiary alicyclic amines) is 1. The molecule has 0 radical (unpaired) electrons. The van der Waals surface area contributed by atoms with Gasteiger partial charge in [-0.2, -0.15) is 4.98 Å². The summed E-state index contributed by atoms with van der Waals surface area (Å²) in [5.74, 6) is -1.88. The monoisotopic (exact) mass is 873 g/mol. The van der Waals surface area contributed by atoms with Gasteiger partial charge in [-0.15, -0.1) is 0 Å². The summed E-state index contributed by atoms with van der Waals surface area (Å²) in [6, 6.07) is 28.1. The lowest BCUT2D eigenvalue weighted by Crippen LogP contribution is -2.50. The Labute approximate surface area is 369 Å². The number of para-hydroxylation sites is 1. The van der Waals surface area contributed by atoms with Crippen LogP contribution >= 0.6 is 11.6 Å². The van der Waals surface area contributed by atoms with Gasteiger partial charge in [-0.25, -0.2) is 9.37 Å². The van der Waals surface area contributed by atoms with Crippen LogP contribution in [0.15, 0.2) is 103 Å². The molecule has 3 aliphatic rings. The van der Waals surface area contributed by atoms with Gasteiger partial charge in [-0.1, -0.05) is 23.7 Å². The van der Waals surface area contributed by atoms with Gasteiger partial charge >= 0.3 is 0 Å². The molecule has 3 saturated heterocycles. The fourth-order valence-electron chi connectivity index (χ4n) is 8.08. The van der Waals surface area contributed by atoms with E-state index in [2.05, 4.69) is 58.1 Å². The van der Waals surface area contributed by atoms with Gasteiger partial charge in [0.1, 0.15) is 6.04 Å². The van der Waals surface area contributed by atoms with Crippen molar-refractivity contribution in [2.24, 2.45) is 5.73 Å². The number of piperidine rings is 2. The van der Waals surface area contributed by atoms with Crippen molar-refractivity contribution in [3.63, 3.8) is 0 Å². The lowest BCUT2D eigenvalue weighted by atomic mass is 10.0. The van der Waals surface area contributed by atoms with E-state index >= 15 is 4.39 Å². The number of primary amides is 1. The zero-order valence-corrected chi connectivity index (χ0v) is 35.4. The number of piperazine rings is 1. The molecule has 326 valence electrons. The normalized spacial score (nSPS) is 17.5. The van der Waals surface area contributed by atoms with Crippen molar-refractivity contribution in [1.82, 2.24) is 30.4 Å². The van der Waals surface area contributed by atoms with Gasteiger partial charge in [-0.05, 0) is 104 Å². The molecule has 1 aromatic heterocycles. The van der Waals surface area contributed by atoms with Crippen LogP contribution in [0.5, 0.6) is 0 Å². The largest absolute Gasteiger partial charge is 0.374 e. The van der Waals surface area contributed by atoms with Crippen LogP contribution in [0.25, 0.3) is 0 Å². The Morgan fingerprint density at radius 1 is 0.810 bits per heavy atom. The van der Waals surface area contributed by atoms with Crippen LogP contribution in [0.2, 0.25) is 5.02 Å². The highest BCUT2D eigenvalue weighted by atomic mass is 35.5. The molecule has 15 nitrogen and oxygen atoms in total. The van der Waals surface area contributed by atoms with Crippen LogP contribution in [0, 0.1) is 5.82 Å². The van der Waals surface area contributed by atoms with Gasteiger partial charge in [0.15, 0.2) is 11.6 Å². The van der Waals surface area contributed by atoms with E-state index in [-0.39, 0.29) is 35.5 Å². The number of hydrogen-bond donors (Lipinski definition) is 5. The maximum absolute atomic E-state index is 15.5. The van der Waals surface area contributed by atoms with Gasteiger partial charge in [0.2, 0.25) is 23.7 Å². The summed E-state index contributed by atoms with van der Waals surface area (Å²) in [6.45, 7) is 7.64. The standard InChI is InChI=1S/C46H49ClFN11O4/c47-37-3-1-2-4-40(37)59(36-13-7-30(8-14-36)42(49)61)43-38(48)29-50-46(55-43)53-33-9-5-31(6-10-33)44(62)52-34-19-21-56(22-20-34)23-24-57-25-27-58(28-26-57)35-15-11-32(12-16-35)51-39-17-18-41(60)54-45(39)63/h1-16,29,34,39,51H,17-28H2,(H2,49,61)(H,52,62)(H,50,53,55)(H,54,60,63). The molecule has 4 aromatic carbocycles. The van der Waals surface area contributed by atoms with Crippen LogP contribution in [0.1, 0.15) is 46.4 Å². The molecule has 8 rings (SSSR count). The van der Waals surface area contributed by atoms with Crippen molar-refractivity contribution >= 4 is 75.4 Å². The zero-order valence-electron chi connectivity index (χ0n) is 34.6. The van der Waals surface area contributed by atoms with E-state index in [4.69, 9.17) is 17.3 Å². The Morgan fingerprint density at radius 2 is 1.46 bits per heavy atom. The number of hydrogen-bond acceptors (Lipinski definition) is 12. The van der Waals surface area contributed by atoms with Crippen LogP contribution in [0.3, 0.4) is 0 Å². The minimum Gasteiger partial charge on any atom is -0.374 e. The van der Waals surface area contributed by atoms with Crippen molar-refractivity contribution in [3.05, 3.63) is 125 Å². The van der Waals surface area contributed by atoms with E-state index in [0.717, 1.165) is 82.8 Å². The molecule has 3 fully saturated rings. The first-order chi connectivity index (χ1) is 30.6. The molecule has 4 heterocycles. The molecule has 5 aromatic rings. The van der Waals surface area contributed by atoms with Crippen molar-refractivity contribution in [3.8, 4) is 0 Å². The average Bonchev–Trinajstić information content (AvgIpc) is 3.29. The summed E-state index contributed by atoms with van der Waals surface area (Å²) >= 11 is 6.57. The summed E-state index contributed by atoms with van der Waals surface area (Å²) in [5, 5.41) is 12.3. The van der Waals surface area contributed by atoms with E-state index < -0.39 is 17.8 Å². The lowest BCUT2D eigenvalue weighted by Gasteiger charge is -2.38. The van der Waals surface area contributed by atoms with Gasteiger partial charge in [0, 0.05) is 98.7 Å². The summed E-state index contributed by atoms with van der Waals surface area (Å²) in [6.07, 6.45) is 3.65. The highest BCUT2D eigenvalue weighted by Gasteiger charge is 2.27. The number of nitrogens with zero attached hydrogens (tertiary/aromatic N) is 6. The maximum Gasteiger partial charge on any atom is 0.251 e. The van der Waals surface area contributed by atoms with E-state index in [0.29, 0.717) is 46.1 Å². The second-order valence-corrected chi connectivity index (χ2v) is 16.3. The minimum absolute atomic E-state index is 0.0727. The van der Waals surface area contributed by atoms with Gasteiger partial charge < -0.3 is 31.5 Å². The SMILES string of the molecule is NC(=O)c1ccc(N(c2ccccc2Cl)c2nc(Nc3ccc(C(=O)NC4CCN(CCN5CCN(c6ccc(NC7CCC(=O)NC7=O)cc6)CC5)CC4)cc3)ncc2F)cc1. The number of carbonyl (C=O) groups is 4. The number of halogens is 2. The molecule has 6 N–H and O–H groups in total. The predicted molar refractivity (Wildman–Crippen MR) is 242 cm³/mol. The van der Waals surface area contributed by atoms with Crippen LogP contribution in [-0.4, -0.2) is 108 Å². The Balaban J connectivity index is 0.781. The van der Waals surface area contributed by atoms with E-state index in [1.165, 1.54) is 4.90 Å². The third kappa shape index (κ3) is 10.7. The molecule has 17 heteroatoms. The Morgan fingerprint density at radius 3 is 2.13 bits per heavy atom. The summed E-state index contributed by atoms with van der Waals surface area (Å²) in [4.78, 5) is 66.1. The molecule has 1 unspecified atom stereocenters. The molecule has 3 aliphatic heterocycles. The lowest BCUT2D eigenvalue weighted by molar-refractivity contribution is -0.133. The van der Waals surface area contributed by atoms with Crippen molar-refractivity contribution in [2.75, 3.05) is 72.8 Å². The van der Waals surface area contributed by atoms with Gasteiger partial charge in [-0.3, -0.25) is 34.3 Å². The number of nitrogens with one attached hydrogen (secondary N) is 4. The molecule has 0 aliphatic carbocycles. The smallest absolute Gasteiger partial charge is 0.251 e. The maximum atomic E-state index is 15.5. The quantitative estimate of drug-likeness (QED) is 0.0847. The predicted octanol–water partition coefficient (Wildman–Crippen LogP) is 5.81. The topological polar surface area (TPSA) is 181 Å². The van der Waals surface area contributed by atoms with Crippen LogP contribution < -0.4 is 36.8 Å². The molecule has 0 bridgehead atoms. The molecule has 1 atom stereocenters. The van der Waals surface area contributed by atoms with E-state index in [1.54, 1.807) is 72.8 Å². The average molecular weight is 874 g/mol. The van der Waals surface area contributed by atoms with Crippen molar-refractivity contribution < 1.29 is 23.6 Å². The fourth-order valence-corrected chi connectivity index (χ4v) is 8.30. The summed E-state index contributed by atoms with van der Waals surface area (Å²) in [7, 11) is 0. The number of anilines is 7. The Hall–Kier alpha value is -6.62. The Bertz CT molecular complexity index is 2430. The molecule has 0 saturated carbocycles. The van der Waals surface area contributed by atoms with E-state index in [9.17, 15) is 19.2 Å². The first-order valence-electron chi connectivity index (χ1n) is 21.1. The number of aromatic nitrogens is 2. The Kier molecular flexibility index (Phi) is 13.4. The van der Waals surface area contributed by atoms with Crippen molar-refractivity contribution in [2.45, 2.75) is 37.8 Å². The molecule has 4 amide bonds. The minimum atomic E-state index is -0.698. The highest BCUT2D eigenvalue weighted by molar-refractivity contribution is 6.33. The van der Waals surface area contributed by atoms with E-state index in [1.807, 2.05) is 12.1 Å². The van der Waals surface area contributed by atoms with Gasteiger partial charge in [0.25, 0.3) is 5.91 Å². The molecular weight excluding hydrogens is 825 g/mol.